The van der Waals surface area contributed by atoms with E-state index in [1.54, 1.807) is 0 Å². The van der Waals surface area contributed by atoms with Crippen molar-refractivity contribution in [3.63, 3.8) is 0 Å². The molecule has 1 heteroatoms. The zero-order valence-corrected chi connectivity index (χ0v) is 9.67. The summed E-state index contributed by atoms with van der Waals surface area (Å²) < 4.78 is 0. The van der Waals surface area contributed by atoms with Gasteiger partial charge in [-0.25, -0.2) is 0 Å². The summed E-state index contributed by atoms with van der Waals surface area (Å²) in [7, 11) is 0. The first-order valence-corrected chi connectivity index (χ1v) is 6.66. The highest BCUT2D eigenvalue weighted by atomic mass is 15.2. The lowest BCUT2D eigenvalue weighted by Crippen LogP contribution is -2.44. The first-order valence-electron chi connectivity index (χ1n) is 6.66. The molecule has 1 saturated carbocycles. The van der Waals surface area contributed by atoms with E-state index in [1.165, 1.54) is 64.5 Å². The van der Waals surface area contributed by atoms with E-state index in [1.807, 2.05) is 0 Å². The van der Waals surface area contributed by atoms with Crippen LogP contribution in [0.5, 0.6) is 0 Å². The number of hydrogen-bond donors (Lipinski definition) is 0. The molecule has 0 aromatic carbocycles. The van der Waals surface area contributed by atoms with Crippen LogP contribution in [0.3, 0.4) is 0 Å². The van der Waals surface area contributed by atoms with Crippen molar-refractivity contribution >= 4 is 0 Å². The molecule has 82 valence electrons. The van der Waals surface area contributed by atoms with E-state index in [0.717, 1.165) is 12.0 Å². The number of piperidine rings is 1. The third-order valence-electron chi connectivity index (χ3n) is 4.25. The highest BCUT2D eigenvalue weighted by Gasteiger charge is 2.29. The van der Waals surface area contributed by atoms with E-state index >= 15 is 0 Å². The van der Waals surface area contributed by atoms with Gasteiger partial charge in [-0.1, -0.05) is 32.6 Å². The predicted octanol–water partition coefficient (Wildman–Crippen LogP) is 3.44. The average Bonchev–Trinajstić information content (AvgIpc) is 2.30. The van der Waals surface area contributed by atoms with Gasteiger partial charge in [0.1, 0.15) is 0 Å². The molecule has 2 rings (SSSR count). The maximum atomic E-state index is 2.80. The van der Waals surface area contributed by atoms with Gasteiger partial charge in [0.25, 0.3) is 0 Å². The fourth-order valence-corrected chi connectivity index (χ4v) is 3.40. The Labute approximate surface area is 88.9 Å². The summed E-state index contributed by atoms with van der Waals surface area (Å²) >= 11 is 0. The Hall–Kier alpha value is -0.0400. The van der Waals surface area contributed by atoms with Gasteiger partial charge in [-0.05, 0) is 44.7 Å². The third kappa shape index (κ3) is 2.31. The van der Waals surface area contributed by atoms with Crippen molar-refractivity contribution in [2.24, 2.45) is 5.92 Å². The molecule has 0 N–H and O–H groups in total. The van der Waals surface area contributed by atoms with E-state index in [9.17, 15) is 0 Å². The second-order valence-corrected chi connectivity index (χ2v) is 5.12. The molecule has 2 fully saturated rings. The Morgan fingerprint density at radius 3 is 2.36 bits per heavy atom. The first-order chi connectivity index (χ1) is 6.92. The summed E-state index contributed by atoms with van der Waals surface area (Å²) in [5, 5.41) is 0. The minimum Gasteiger partial charge on any atom is -0.300 e. The van der Waals surface area contributed by atoms with Crippen molar-refractivity contribution in [2.75, 3.05) is 13.1 Å². The molecule has 1 aliphatic heterocycles. The maximum absolute atomic E-state index is 2.80. The summed E-state index contributed by atoms with van der Waals surface area (Å²) in [4.78, 5) is 2.80. The molecule has 0 aromatic rings. The topological polar surface area (TPSA) is 3.24 Å². The smallest absolute Gasteiger partial charge is 0.0123 e. The Morgan fingerprint density at radius 2 is 1.64 bits per heavy atom. The molecule has 0 amide bonds. The summed E-state index contributed by atoms with van der Waals surface area (Å²) in [6, 6.07) is 0.953. The summed E-state index contributed by atoms with van der Waals surface area (Å²) in [5.41, 5.74) is 0. The van der Waals surface area contributed by atoms with Crippen LogP contribution in [0.4, 0.5) is 0 Å². The molecule has 1 nitrogen and oxygen atoms in total. The molecule has 1 aliphatic carbocycles. The lowest BCUT2D eigenvalue weighted by Gasteiger charge is -2.41. The predicted molar refractivity (Wildman–Crippen MR) is 61.5 cm³/mol. The molecular weight excluding hydrogens is 170 g/mol. The van der Waals surface area contributed by atoms with E-state index in [4.69, 9.17) is 0 Å². The van der Waals surface area contributed by atoms with E-state index < -0.39 is 0 Å². The van der Waals surface area contributed by atoms with Crippen molar-refractivity contribution in [1.29, 1.82) is 0 Å². The fraction of sp³-hybridized carbons (Fsp3) is 1.00. The van der Waals surface area contributed by atoms with Gasteiger partial charge >= 0.3 is 0 Å². The van der Waals surface area contributed by atoms with Gasteiger partial charge < -0.3 is 4.90 Å². The fourth-order valence-electron chi connectivity index (χ4n) is 3.40. The molecular formula is C13H25N. The Morgan fingerprint density at radius 1 is 0.929 bits per heavy atom. The number of nitrogens with zero attached hydrogens (tertiary/aromatic N) is 1. The van der Waals surface area contributed by atoms with Gasteiger partial charge in [-0.2, -0.15) is 0 Å². The lowest BCUT2D eigenvalue weighted by atomic mass is 9.81. The summed E-state index contributed by atoms with van der Waals surface area (Å²) in [5.74, 6) is 1.02. The first kappa shape index (κ1) is 10.5. The number of hydrogen-bond acceptors (Lipinski definition) is 1. The van der Waals surface area contributed by atoms with Crippen LogP contribution >= 0.6 is 0 Å². The Balaban J connectivity index is 1.91. The molecule has 2 aliphatic rings. The van der Waals surface area contributed by atoms with Crippen molar-refractivity contribution in [2.45, 2.75) is 64.3 Å². The number of rotatable bonds is 2. The second kappa shape index (κ2) is 5.16. The van der Waals surface area contributed by atoms with Crippen LogP contribution in [0, 0.1) is 5.92 Å². The van der Waals surface area contributed by atoms with Crippen molar-refractivity contribution < 1.29 is 0 Å². The van der Waals surface area contributed by atoms with Gasteiger partial charge in [0, 0.05) is 6.04 Å². The summed E-state index contributed by atoms with van der Waals surface area (Å²) in [6.45, 7) is 5.16. The van der Waals surface area contributed by atoms with Gasteiger partial charge in [0.05, 0.1) is 0 Å². The number of likely N-dealkylation sites (tertiary alicyclic amines) is 1. The van der Waals surface area contributed by atoms with E-state index in [0.29, 0.717) is 0 Å². The largest absolute Gasteiger partial charge is 0.300 e. The van der Waals surface area contributed by atoms with Crippen LogP contribution < -0.4 is 0 Å². The standard InChI is InChI=1S/C13H25N/c1-2-12-8-4-5-9-13(12)14-10-6-3-7-11-14/h12-13H,2-11H2,1H3. The molecule has 0 spiro atoms. The van der Waals surface area contributed by atoms with Gasteiger partial charge in [-0.3, -0.25) is 0 Å². The molecule has 1 saturated heterocycles. The van der Waals surface area contributed by atoms with Crippen LogP contribution in [0.25, 0.3) is 0 Å². The zero-order chi connectivity index (χ0) is 9.80. The second-order valence-electron chi connectivity index (χ2n) is 5.12. The highest BCUT2D eigenvalue weighted by molar-refractivity contribution is 4.84. The SMILES string of the molecule is CCC1CCCCC1N1CCCCC1. The van der Waals surface area contributed by atoms with Crippen molar-refractivity contribution in [3.8, 4) is 0 Å². The van der Waals surface area contributed by atoms with Crippen LogP contribution in [0.1, 0.15) is 58.3 Å². The molecule has 0 bridgehead atoms. The van der Waals surface area contributed by atoms with E-state index in [-0.39, 0.29) is 0 Å². The molecule has 0 aromatic heterocycles. The van der Waals surface area contributed by atoms with Crippen molar-refractivity contribution in [3.05, 3.63) is 0 Å². The van der Waals surface area contributed by atoms with Crippen LogP contribution in [0.15, 0.2) is 0 Å². The average molecular weight is 195 g/mol. The Bertz CT molecular complexity index is 161. The third-order valence-corrected chi connectivity index (χ3v) is 4.25. The minimum atomic E-state index is 0.953. The van der Waals surface area contributed by atoms with Crippen LogP contribution in [-0.2, 0) is 0 Å². The minimum absolute atomic E-state index is 0.953. The summed E-state index contributed by atoms with van der Waals surface area (Å²) in [6.07, 6.45) is 11.7. The molecule has 2 atom stereocenters. The monoisotopic (exact) mass is 195 g/mol. The van der Waals surface area contributed by atoms with Gasteiger partial charge in [0.2, 0.25) is 0 Å². The van der Waals surface area contributed by atoms with Crippen LogP contribution in [0.2, 0.25) is 0 Å². The van der Waals surface area contributed by atoms with Gasteiger partial charge in [-0.15, -0.1) is 0 Å². The Kier molecular flexibility index (Phi) is 3.86. The molecule has 2 unspecified atom stereocenters. The quantitative estimate of drug-likeness (QED) is 0.652. The highest BCUT2D eigenvalue weighted by Crippen LogP contribution is 2.31. The lowest BCUT2D eigenvalue weighted by molar-refractivity contribution is 0.0829. The van der Waals surface area contributed by atoms with Crippen LogP contribution in [-0.4, -0.2) is 24.0 Å². The normalized spacial score (nSPS) is 35.8. The maximum Gasteiger partial charge on any atom is 0.0123 e. The molecule has 1 heterocycles. The molecule has 14 heavy (non-hydrogen) atoms. The van der Waals surface area contributed by atoms with Gasteiger partial charge in [0.15, 0.2) is 0 Å². The zero-order valence-electron chi connectivity index (χ0n) is 9.67. The molecule has 0 radical (unpaired) electrons. The van der Waals surface area contributed by atoms with E-state index in [2.05, 4.69) is 11.8 Å². The van der Waals surface area contributed by atoms with Crippen molar-refractivity contribution in [1.82, 2.24) is 4.90 Å².